The van der Waals surface area contributed by atoms with Crippen molar-refractivity contribution >= 4 is 27.6 Å². The Balaban J connectivity index is 2.72. The van der Waals surface area contributed by atoms with Crippen LogP contribution in [-0.4, -0.2) is 33.3 Å². The van der Waals surface area contributed by atoms with Gasteiger partial charge in [-0.15, -0.1) is 0 Å². The van der Waals surface area contributed by atoms with E-state index in [0.717, 1.165) is 6.26 Å². The molecule has 1 aromatic carbocycles. The predicted molar refractivity (Wildman–Crippen MR) is 67.2 cm³/mol. The number of hydrogen-bond donors (Lipinski definition) is 1. The van der Waals surface area contributed by atoms with Crippen LogP contribution in [0.1, 0.15) is 6.92 Å². The average molecular weight is 254 g/mol. The molecule has 0 aliphatic heterocycles. The fourth-order valence-electron chi connectivity index (χ4n) is 1.16. The molecule has 0 saturated heterocycles. The molecule has 1 rings (SSSR count). The van der Waals surface area contributed by atoms with Crippen LogP contribution in [0.3, 0.4) is 0 Å². The van der Waals surface area contributed by atoms with Gasteiger partial charge in [0.05, 0.1) is 4.90 Å². The summed E-state index contributed by atoms with van der Waals surface area (Å²) in [6, 6.07) is 6.00. The van der Waals surface area contributed by atoms with E-state index in [2.05, 4.69) is 10.3 Å². The quantitative estimate of drug-likeness (QED) is 0.818. The highest BCUT2D eigenvalue weighted by Crippen LogP contribution is 2.13. The molecule has 1 N–H and O–H groups in total. The first-order valence-corrected chi connectivity index (χ1v) is 6.87. The molecule has 0 heterocycles. The van der Waals surface area contributed by atoms with Gasteiger partial charge in [-0.05, 0) is 37.4 Å². The van der Waals surface area contributed by atoms with Crippen LogP contribution >= 0.6 is 0 Å². The molecule has 0 bridgehead atoms. The Kier molecular flexibility index (Phi) is 4.39. The fourth-order valence-corrected chi connectivity index (χ4v) is 1.79. The molecule has 6 heteroatoms. The minimum Gasteiger partial charge on any atom is -0.324 e. The van der Waals surface area contributed by atoms with Crippen LogP contribution in [0, 0.1) is 0 Å². The zero-order chi connectivity index (χ0) is 12.9. The number of anilines is 1. The maximum Gasteiger partial charge on any atom is 0.246 e. The maximum atomic E-state index is 11.3. The van der Waals surface area contributed by atoms with Gasteiger partial charge in [-0.2, -0.15) is 0 Å². The molecular formula is C11H14N2O3S. The van der Waals surface area contributed by atoms with Crippen molar-refractivity contribution < 1.29 is 13.2 Å². The Hall–Kier alpha value is -1.69. The standard InChI is InChI=1S/C11H14N2O3S/c1-3-12-8-11(14)13-9-4-6-10(7-5-9)17(2,15)16/h3-7H,8H2,1-2H3,(H,13,14)/b12-3-. The number of sulfone groups is 1. The molecule has 0 radical (unpaired) electrons. The van der Waals surface area contributed by atoms with E-state index in [1.807, 2.05) is 0 Å². The zero-order valence-electron chi connectivity index (χ0n) is 9.67. The van der Waals surface area contributed by atoms with E-state index in [-0.39, 0.29) is 17.3 Å². The highest BCUT2D eigenvalue weighted by molar-refractivity contribution is 7.90. The van der Waals surface area contributed by atoms with Crippen LogP contribution in [0.15, 0.2) is 34.2 Å². The third-order valence-corrected chi connectivity index (χ3v) is 3.11. The van der Waals surface area contributed by atoms with Gasteiger partial charge >= 0.3 is 0 Å². The van der Waals surface area contributed by atoms with Gasteiger partial charge in [0.2, 0.25) is 5.91 Å². The Morgan fingerprint density at radius 2 is 1.94 bits per heavy atom. The molecule has 1 amide bonds. The molecule has 5 nitrogen and oxygen atoms in total. The molecule has 1 aromatic rings. The van der Waals surface area contributed by atoms with E-state index in [4.69, 9.17) is 0 Å². The van der Waals surface area contributed by atoms with Crippen LogP contribution < -0.4 is 5.32 Å². The van der Waals surface area contributed by atoms with Crippen molar-refractivity contribution in [1.29, 1.82) is 0 Å². The molecule has 0 aromatic heterocycles. The minimum absolute atomic E-state index is 0.0598. The number of benzene rings is 1. The number of nitrogens with zero attached hydrogens (tertiary/aromatic N) is 1. The van der Waals surface area contributed by atoms with Crippen molar-refractivity contribution in [1.82, 2.24) is 0 Å². The van der Waals surface area contributed by atoms with E-state index < -0.39 is 9.84 Å². The van der Waals surface area contributed by atoms with Gasteiger partial charge in [-0.25, -0.2) is 8.42 Å². The number of rotatable bonds is 4. The highest BCUT2D eigenvalue weighted by atomic mass is 32.2. The first-order chi connectivity index (χ1) is 7.93. The van der Waals surface area contributed by atoms with Gasteiger partial charge in [0, 0.05) is 11.9 Å². The number of carbonyl (C=O) groups excluding carboxylic acids is 1. The molecule has 0 fully saturated rings. The molecule has 17 heavy (non-hydrogen) atoms. The van der Waals surface area contributed by atoms with E-state index in [1.54, 1.807) is 25.3 Å². The smallest absolute Gasteiger partial charge is 0.246 e. The lowest BCUT2D eigenvalue weighted by atomic mass is 10.3. The Bertz CT molecular complexity index is 518. The van der Waals surface area contributed by atoms with Gasteiger partial charge < -0.3 is 5.32 Å². The molecule has 0 atom stereocenters. The minimum atomic E-state index is -3.20. The second-order valence-electron chi connectivity index (χ2n) is 3.44. The molecule has 0 saturated carbocycles. The van der Waals surface area contributed by atoms with Gasteiger partial charge in [0.1, 0.15) is 6.54 Å². The summed E-state index contributed by atoms with van der Waals surface area (Å²) in [7, 11) is -3.20. The number of carbonyl (C=O) groups is 1. The van der Waals surface area contributed by atoms with Gasteiger partial charge in [-0.1, -0.05) is 0 Å². The first-order valence-electron chi connectivity index (χ1n) is 4.98. The summed E-state index contributed by atoms with van der Waals surface area (Å²) in [5.41, 5.74) is 0.550. The summed E-state index contributed by atoms with van der Waals surface area (Å²) < 4.78 is 22.4. The van der Waals surface area contributed by atoms with E-state index in [9.17, 15) is 13.2 Å². The lowest BCUT2D eigenvalue weighted by Crippen LogP contribution is -2.14. The van der Waals surface area contributed by atoms with E-state index in [1.165, 1.54) is 12.1 Å². The normalized spacial score (nSPS) is 11.6. The van der Waals surface area contributed by atoms with Crippen molar-refractivity contribution in [3.05, 3.63) is 24.3 Å². The monoisotopic (exact) mass is 254 g/mol. The summed E-state index contributed by atoms with van der Waals surface area (Å²) in [5, 5.41) is 2.61. The lowest BCUT2D eigenvalue weighted by molar-refractivity contribution is -0.114. The van der Waals surface area contributed by atoms with Crippen molar-refractivity contribution in [2.45, 2.75) is 11.8 Å². The number of nitrogens with one attached hydrogen (secondary N) is 1. The summed E-state index contributed by atoms with van der Waals surface area (Å²) in [6.07, 6.45) is 2.68. The van der Waals surface area contributed by atoms with Crippen molar-refractivity contribution in [2.75, 3.05) is 18.1 Å². The Morgan fingerprint density at radius 3 is 2.41 bits per heavy atom. The van der Waals surface area contributed by atoms with Gasteiger partial charge in [0.25, 0.3) is 0 Å². The van der Waals surface area contributed by atoms with Gasteiger partial charge in [-0.3, -0.25) is 9.79 Å². The SMILES string of the molecule is C/C=N\CC(=O)Nc1ccc(S(C)(=O)=O)cc1. The molecule has 0 spiro atoms. The van der Waals surface area contributed by atoms with Crippen LogP contribution in [0.4, 0.5) is 5.69 Å². The second kappa shape index (κ2) is 5.58. The van der Waals surface area contributed by atoms with Crippen LogP contribution in [0.2, 0.25) is 0 Å². The predicted octanol–water partition coefficient (Wildman–Crippen LogP) is 1.12. The first kappa shape index (κ1) is 13.4. The zero-order valence-corrected chi connectivity index (χ0v) is 10.5. The summed E-state index contributed by atoms with van der Waals surface area (Å²) in [6.45, 7) is 1.79. The fraction of sp³-hybridized carbons (Fsp3) is 0.273. The third kappa shape index (κ3) is 4.36. The number of aliphatic imine (C=N–C) groups is 1. The maximum absolute atomic E-state index is 11.3. The highest BCUT2D eigenvalue weighted by Gasteiger charge is 2.06. The number of hydrogen-bond acceptors (Lipinski definition) is 4. The average Bonchev–Trinajstić information content (AvgIpc) is 2.26. The molecule has 0 aliphatic rings. The van der Waals surface area contributed by atoms with Crippen molar-refractivity contribution in [2.24, 2.45) is 4.99 Å². The van der Waals surface area contributed by atoms with Crippen LogP contribution in [0.25, 0.3) is 0 Å². The van der Waals surface area contributed by atoms with Crippen LogP contribution in [0.5, 0.6) is 0 Å². The Morgan fingerprint density at radius 1 is 1.35 bits per heavy atom. The third-order valence-electron chi connectivity index (χ3n) is 1.98. The molecule has 92 valence electrons. The largest absolute Gasteiger partial charge is 0.324 e. The van der Waals surface area contributed by atoms with Crippen LogP contribution in [-0.2, 0) is 14.6 Å². The molecular weight excluding hydrogens is 240 g/mol. The van der Waals surface area contributed by atoms with Gasteiger partial charge in [0.15, 0.2) is 9.84 Å². The summed E-state index contributed by atoms with van der Waals surface area (Å²) >= 11 is 0. The lowest BCUT2D eigenvalue weighted by Gasteiger charge is -2.04. The van der Waals surface area contributed by atoms with E-state index >= 15 is 0 Å². The molecule has 0 aliphatic carbocycles. The Labute approximate surface area is 100 Å². The van der Waals surface area contributed by atoms with Crippen molar-refractivity contribution in [3.8, 4) is 0 Å². The second-order valence-corrected chi connectivity index (χ2v) is 5.46. The summed E-state index contributed by atoms with van der Waals surface area (Å²) in [4.78, 5) is 15.3. The topological polar surface area (TPSA) is 75.6 Å². The van der Waals surface area contributed by atoms with Crippen molar-refractivity contribution in [3.63, 3.8) is 0 Å². The van der Waals surface area contributed by atoms with E-state index in [0.29, 0.717) is 5.69 Å². The molecule has 0 unspecified atom stereocenters. The number of amides is 1. The summed E-state index contributed by atoms with van der Waals surface area (Å²) in [5.74, 6) is -0.241.